The Balaban J connectivity index is 1.49. The predicted molar refractivity (Wildman–Crippen MR) is 110 cm³/mol. The SMILES string of the molecule is CN=C(NCCc1ncc(C)s1)N1CCN(Cc2ccc(Cl)cc2)C(=O)C1. The number of nitrogens with zero attached hydrogens (tertiary/aromatic N) is 4. The van der Waals surface area contributed by atoms with Gasteiger partial charge in [0.05, 0.1) is 11.6 Å². The maximum Gasteiger partial charge on any atom is 0.242 e. The van der Waals surface area contributed by atoms with Crippen molar-refractivity contribution >= 4 is 34.8 Å². The lowest BCUT2D eigenvalue weighted by Gasteiger charge is -2.36. The standard InChI is InChI=1S/C19H24ClN5OS/c1-14-11-23-17(27-14)7-8-22-19(21-2)25-10-9-24(18(26)13-25)12-15-3-5-16(20)6-4-15/h3-6,11H,7-10,12-13H2,1-2H3,(H,21,22). The fourth-order valence-corrected chi connectivity index (χ4v) is 3.91. The number of benzene rings is 1. The summed E-state index contributed by atoms with van der Waals surface area (Å²) in [7, 11) is 1.75. The number of aromatic nitrogens is 1. The zero-order valence-electron chi connectivity index (χ0n) is 15.6. The summed E-state index contributed by atoms with van der Waals surface area (Å²) >= 11 is 7.64. The summed E-state index contributed by atoms with van der Waals surface area (Å²) < 4.78 is 0. The molecule has 2 aromatic rings. The van der Waals surface area contributed by atoms with Gasteiger partial charge in [0.1, 0.15) is 0 Å². The third kappa shape index (κ3) is 5.43. The highest BCUT2D eigenvalue weighted by atomic mass is 35.5. The molecule has 3 rings (SSSR count). The highest BCUT2D eigenvalue weighted by molar-refractivity contribution is 7.11. The molecule has 0 aliphatic carbocycles. The van der Waals surface area contributed by atoms with Crippen LogP contribution in [-0.4, -0.2) is 59.9 Å². The summed E-state index contributed by atoms with van der Waals surface area (Å²) in [5, 5.41) is 5.16. The first kappa shape index (κ1) is 19.6. The Morgan fingerprint density at radius 1 is 1.33 bits per heavy atom. The maximum atomic E-state index is 12.6. The number of carbonyl (C=O) groups is 1. The molecule has 0 radical (unpaired) electrons. The van der Waals surface area contributed by atoms with Gasteiger partial charge in [0.2, 0.25) is 5.91 Å². The van der Waals surface area contributed by atoms with E-state index in [1.165, 1.54) is 4.88 Å². The van der Waals surface area contributed by atoms with E-state index in [1.807, 2.05) is 40.3 Å². The van der Waals surface area contributed by atoms with E-state index >= 15 is 0 Å². The molecule has 0 saturated carbocycles. The number of nitrogens with one attached hydrogen (secondary N) is 1. The highest BCUT2D eigenvalue weighted by Crippen LogP contribution is 2.14. The second kappa shape index (κ2) is 9.19. The van der Waals surface area contributed by atoms with Crippen molar-refractivity contribution in [2.45, 2.75) is 19.9 Å². The lowest BCUT2D eigenvalue weighted by Crippen LogP contribution is -2.55. The van der Waals surface area contributed by atoms with Gasteiger partial charge in [0, 0.05) is 55.7 Å². The molecule has 0 atom stereocenters. The van der Waals surface area contributed by atoms with Crippen molar-refractivity contribution in [3.63, 3.8) is 0 Å². The number of aryl methyl sites for hydroxylation is 1. The molecule has 1 amide bonds. The van der Waals surface area contributed by atoms with Gasteiger partial charge < -0.3 is 15.1 Å². The monoisotopic (exact) mass is 405 g/mol. The molecule has 1 aliphatic heterocycles. The van der Waals surface area contributed by atoms with Crippen molar-refractivity contribution in [2.75, 3.05) is 33.2 Å². The van der Waals surface area contributed by atoms with Gasteiger partial charge in [0.15, 0.2) is 5.96 Å². The van der Waals surface area contributed by atoms with Gasteiger partial charge in [-0.2, -0.15) is 0 Å². The van der Waals surface area contributed by atoms with Crippen molar-refractivity contribution in [1.29, 1.82) is 0 Å². The van der Waals surface area contributed by atoms with Crippen LogP contribution in [0.5, 0.6) is 0 Å². The number of piperazine rings is 1. The molecule has 1 aromatic carbocycles. The number of hydrogen-bond acceptors (Lipinski definition) is 4. The summed E-state index contributed by atoms with van der Waals surface area (Å²) in [5.74, 6) is 0.873. The number of rotatable bonds is 5. The molecule has 2 heterocycles. The number of hydrogen-bond donors (Lipinski definition) is 1. The van der Waals surface area contributed by atoms with E-state index in [0.29, 0.717) is 24.7 Å². The molecular formula is C19H24ClN5OS. The molecule has 1 aliphatic rings. The number of amides is 1. The van der Waals surface area contributed by atoms with Gasteiger partial charge in [-0.05, 0) is 24.6 Å². The van der Waals surface area contributed by atoms with E-state index in [4.69, 9.17) is 11.6 Å². The molecule has 0 spiro atoms. The maximum absolute atomic E-state index is 12.6. The van der Waals surface area contributed by atoms with Crippen molar-refractivity contribution < 1.29 is 4.79 Å². The molecule has 27 heavy (non-hydrogen) atoms. The van der Waals surface area contributed by atoms with Crippen molar-refractivity contribution in [2.24, 2.45) is 4.99 Å². The quantitative estimate of drug-likeness (QED) is 0.613. The minimum Gasteiger partial charge on any atom is -0.356 e. The van der Waals surface area contributed by atoms with Crippen molar-refractivity contribution in [3.05, 3.63) is 50.9 Å². The smallest absolute Gasteiger partial charge is 0.242 e. The summed E-state index contributed by atoms with van der Waals surface area (Å²) in [6.07, 6.45) is 2.75. The Morgan fingerprint density at radius 3 is 2.74 bits per heavy atom. The zero-order chi connectivity index (χ0) is 19.2. The number of thiazole rings is 1. The summed E-state index contributed by atoms with van der Waals surface area (Å²) in [6.45, 7) is 5.19. The Morgan fingerprint density at radius 2 is 2.11 bits per heavy atom. The van der Waals surface area contributed by atoms with Crippen LogP contribution in [0.3, 0.4) is 0 Å². The molecule has 0 unspecified atom stereocenters. The van der Waals surface area contributed by atoms with Crippen LogP contribution in [0.15, 0.2) is 35.5 Å². The number of guanidine groups is 1. The van der Waals surface area contributed by atoms with E-state index in [9.17, 15) is 4.79 Å². The average molecular weight is 406 g/mol. The van der Waals surface area contributed by atoms with Gasteiger partial charge in [-0.15, -0.1) is 11.3 Å². The van der Waals surface area contributed by atoms with E-state index in [-0.39, 0.29) is 5.91 Å². The van der Waals surface area contributed by atoms with Crippen molar-refractivity contribution in [3.8, 4) is 0 Å². The molecule has 6 nitrogen and oxygen atoms in total. The molecule has 1 N–H and O–H groups in total. The summed E-state index contributed by atoms with van der Waals surface area (Å²) in [4.78, 5) is 26.4. The lowest BCUT2D eigenvalue weighted by molar-refractivity contribution is -0.135. The Hall–Kier alpha value is -2.12. The minimum atomic E-state index is 0.106. The molecule has 1 fully saturated rings. The Labute approximate surface area is 168 Å². The van der Waals surface area contributed by atoms with Crippen LogP contribution in [0.1, 0.15) is 15.4 Å². The minimum absolute atomic E-state index is 0.106. The van der Waals surface area contributed by atoms with Crippen LogP contribution < -0.4 is 5.32 Å². The zero-order valence-corrected chi connectivity index (χ0v) is 17.2. The first-order valence-corrected chi connectivity index (χ1v) is 10.1. The van der Waals surface area contributed by atoms with E-state index < -0.39 is 0 Å². The first-order valence-electron chi connectivity index (χ1n) is 8.94. The fourth-order valence-electron chi connectivity index (χ4n) is 3.00. The lowest BCUT2D eigenvalue weighted by atomic mass is 10.2. The molecule has 1 saturated heterocycles. The summed E-state index contributed by atoms with van der Waals surface area (Å²) in [5.41, 5.74) is 1.09. The van der Waals surface area contributed by atoms with Gasteiger partial charge in [-0.1, -0.05) is 23.7 Å². The van der Waals surface area contributed by atoms with Crippen LogP contribution in [0, 0.1) is 6.92 Å². The van der Waals surface area contributed by atoms with Crippen LogP contribution in [0.25, 0.3) is 0 Å². The molecule has 144 valence electrons. The van der Waals surface area contributed by atoms with E-state index in [0.717, 1.165) is 36.0 Å². The second-order valence-electron chi connectivity index (χ2n) is 6.45. The molecule has 1 aromatic heterocycles. The molecule has 8 heteroatoms. The van der Waals surface area contributed by atoms with Gasteiger partial charge >= 0.3 is 0 Å². The Bertz CT molecular complexity index is 805. The van der Waals surface area contributed by atoms with Crippen LogP contribution in [-0.2, 0) is 17.8 Å². The predicted octanol–water partition coefficient (Wildman–Crippen LogP) is 2.57. The molecule has 0 bridgehead atoms. The normalized spacial score (nSPS) is 15.4. The largest absolute Gasteiger partial charge is 0.356 e. The van der Waals surface area contributed by atoms with Gasteiger partial charge in [-0.25, -0.2) is 4.98 Å². The highest BCUT2D eigenvalue weighted by Gasteiger charge is 2.25. The third-order valence-electron chi connectivity index (χ3n) is 4.41. The summed E-state index contributed by atoms with van der Waals surface area (Å²) in [6, 6.07) is 7.63. The van der Waals surface area contributed by atoms with Crippen molar-refractivity contribution in [1.82, 2.24) is 20.1 Å². The van der Waals surface area contributed by atoms with E-state index in [2.05, 4.69) is 22.2 Å². The molecular weight excluding hydrogens is 382 g/mol. The fraction of sp³-hybridized carbons (Fsp3) is 0.421. The third-order valence-corrected chi connectivity index (χ3v) is 5.63. The van der Waals surface area contributed by atoms with Gasteiger partial charge in [-0.3, -0.25) is 9.79 Å². The topological polar surface area (TPSA) is 60.8 Å². The Kier molecular flexibility index (Phi) is 6.68. The average Bonchev–Trinajstić information content (AvgIpc) is 3.07. The van der Waals surface area contributed by atoms with Gasteiger partial charge in [0.25, 0.3) is 0 Å². The number of carbonyl (C=O) groups excluding carboxylic acids is 1. The van der Waals surface area contributed by atoms with Crippen LogP contribution in [0.4, 0.5) is 0 Å². The number of aliphatic imine (C=N–C) groups is 1. The van der Waals surface area contributed by atoms with E-state index in [1.54, 1.807) is 18.4 Å². The number of halogens is 1. The first-order chi connectivity index (χ1) is 13.0. The van der Waals surface area contributed by atoms with Crippen LogP contribution in [0.2, 0.25) is 5.02 Å². The second-order valence-corrected chi connectivity index (χ2v) is 8.21. The van der Waals surface area contributed by atoms with Crippen LogP contribution >= 0.6 is 22.9 Å².